The Balaban J connectivity index is 4.77. The van der Waals surface area contributed by atoms with E-state index in [4.69, 9.17) is 4.43 Å². The van der Waals surface area contributed by atoms with Gasteiger partial charge >= 0.3 is 0 Å². The van der Waals surface area contributed by atoms with E-state index in [1.165, 1.54) is 0 Å². The van der Waals surface area contributed by atoms with Gasteiger partial charge in [0.15, 0.2) is 0 Å². The molecule has 0 aromatic carbocycles. The van der Waals surface area contributed by atoms with Crippen molar-refractivity contribution in [3.05, 3.63) is 0 Å². The van der Waals surface area contributed by atoms with Crippen LogP contribution in [0.5, 0.6) is 0 Å². The summed E-state index contributed by atoms with van der Waals surface area (Å²) in [4.78, 5) is 0. The molecule has 0 aliphatic carbocycles. The van der Waals surface area contributed by atoms with Gasteiger partial charge < -0.3 is 4.43 Å². The highest BCUT2D eigenvalue weighted by Crippen LogP contribution is 2.36. The summed E-state index contributed by atoms with van der Waals surface area (Å²) in [7, 11) is 3.22. The fourth-order valence-electron chi connectivity index (χ4n) is 2.35. The molecule has 0 saturated carbocycles. The summed E-state index contributed by atoms with van der Waals surface area (Å²) in [6, 6.07) is 0. The topological polar surface area (TPSA) is 9.23 Å². The van der Waals surface area contributed by atoms with Crippen molar-refractivity contribution < 1.29 is 4.43 Å². The lowest BCUT2D eigenvalue weighted by molar-refractivity contribution is -0.0554. The van der Waals surface area contributed by atoms with Crippen LogP contribution in [0.25, 0.3) is 0 Å². The van der Waals surface area contributed by atoms with Gasteiger partial charge in [0.2, 0.25) is 10.5 Å². The van der Waals surface area contributed by atoms with Crippen LogP contribution in [-0.4, -0.2) is 16.1 Å². The Morgan fingerprint density at radius 1 is 0.833 bits per heavy atom. The molecular weight excluding hydrogens is 164 g/mol. The molecule has 0 aliphatic rings. The summed E-state index contributed by atoms with van der Waals surface area (Å²) in [5, 5.41) is 0. The van der Waals surface area contributed by atoms with Crippen molar-refractivity contribution in [1.29, 1.82) is 0 Å². The van der Waals surface area contributed by atoms with Crippen LogP contribution in [-0.2, 0) is 4.43 Å². The summed E-state index contributed by atoms with van der Waals surface area (Å²) in [5.74, 6) is 1.57. The summed E-state index contributed by atoms with van der Waals surface area (Å²) in [6.07, 6.45) is 0. The molecule has 0 aromatic rings. The van der Waals surface area contributed by atoms with Gasteiger partial charge in [-0.15, -0.1) is 0 Å². The first-order valence-corrected chi connectivity index (χ1v) is 5.15. The van der Waals surface area contributed by atoms with Crippen LogP contribution in [0.3, 0.4) is 0 Å². The Bertz CT molecular complexity index is 108. The second-order valence-corrected chi connectivity index (χ2v) is 4.62. The molecule has 0 heterocycles. The minimum Gasteiger partial charge on any atom is -0.412 e. The van der Waals surface area contributed by atoms with E-state index in [-0.39, 0.29) is 5.60 Å². The summed E-state index contributed by atoms with van der Waals surface area (Å²) in [6.45, 7) is 13.3. The van der Waals surface area contributed by atoms with Gasteiger partial charge in [-0.2, -0.15) is 0 Å². The highest BCUT2D eigenvalue weighted by Gasteiger charge is 2.39. The zero-order valence-corrected chi connectivity index (χ0v) is 10.1. The molecule has 0 spiro atoms. The van der Waals surface area contributed by atoms with Crippen molar-refractivity contribution in [3.63, 3.8) is 0 Å². The lowest BCUT2D eigenvalue weighted by Gasteiger charge is -2.44. The quantitative estimate of drug-likeness (QED) is 0.612. The standard InChI is InChI=1S/C10H21OSi/c1-7(2)10(11-12,8(3)4)9(5)6/h7-9H,1-6H3. The van der Waals surface area contributed by atoms with E-state index < -0.39 is 0 Å². The van der Waals surface area contributed by atoms with Gasteiger partial charge in [-0.25, -0.2) is 0 Å². The number of hydrogen-bond donors (Lipinski definition) is 0. The van der Waals surface area contributed by atoms with Crippen molar-refractivity contribution in [1.82, 2.24) is 0 Å². The van der Waals surface area contributed by atoms with Gasteiger partial charge in [-0.05, 0) is 17.8 Å². The fourth-order valence-corrected chi connectivity index (χ4v) is 3.06. The Labute approximate surface area is 80.4 Å². The van der Waals surface area contributed by atoms with Crippen LogP contribution in [0.1, 0.15) is 41.5 Å². The van der Waals surface area contributed by atoms with Crippen molar-refractivity contribution in [2.45, 2.75) is 47.1 Å². The fraction of sp³-hybridized carbons (Fsp3) is 1.00. The minimum absolute atomic E-state index is 0.0448. The van der Waals surface area contributed by atoms with E-state index in [1.54, 1.807) is 0 Å². The Morgan fingerprint density at radius 3 is 1.08 bits per heavy atom. The monoisotopic (exact) mass is 185 g/mol. The van der Waals surface area contributed by atoms with Crippen LogP contribution in [0.15, 0.2) is 0 Å². The molecule has 1 nitrogen and oxygen atoms in total. The highest BCUT2D eigenvalue weighted by atomic mass is 28.2. The second-order valence-electron chi connectivity index (χ2n) is 4.42. The van der Waals surface area contributed by atoms with E-state index >= 15 is 0 Å². The zero-order valence-electron chi connectivity index (χ0n) is 9.14. The van der Waals surface area contributed by atoms with E-state index in [1.807, 2.05) is 0 Å². The summed E-state index contributed by atoms with van der Waals surface area (Å²) >= 11 is 0. The summed E-state index contributed by atoms with van der Waals surface area (Å²) < 4.78 is 5.53. The van der Waals surface area contributed by atoms with Gasteiger partial charge in [-0.3, -0.25) is 0 Å². The van der Waals surface area contributed by atoms with Crippen LogP contribution in [0, 0.1) is 17.8 Å². The van der Waals surface area contributed by atoms with Crippen molar-refractivity contribution in [3.8, 4) is 0 Å². The van der Waals surface area contributed by atoms with Crippen molar-refractivity contribution in [2.75, 3.05) is 0 Å². The molecular formula is C10H21OSi. The van der Waals surface area contributed by atoms with Gasteiger partial charge in [0.25, 0.3) is 0 Å². The lowest BCUT2D eigenvalue weighted by atomic mass is 9.73. The molecule has 71 valence electrons. The van der Waals surface area contributed by atoms with Gasteiger partial charge in [0, 0.05) is 0 Å². The highest BCUT2D eigenvalue weighted by molar-refractivity contribution is 5.98. The van der Waals surface area contributed by atoms with Crippen LogP contribution in [0.4, 0.5) is 0 Å². The normalized spacial score (nSPS) is 13.5. The molecule has 0 unspecified atom stereocenters. The average molecular weight is 185 g/mol. The molecule has 0 amide bonds. The molecule has 0 bridgehead atoms. The maximum Gasteiger partial charge on any atom is 0.247 e. The first-order chi connectivity index (χ1) is 5.39. The molecule has 0 aromatic heterocycles. The molecule has 0 aliphatic heterocycles. The maximum absolute atomic E-state index is 5.53. The molecule has 0 saturated heterocycles. The van der Waals surface area contributed by atoms with E-state index in [0.29, 0.717) is 17.8 Å². The lowest BCUT2D eigenvalue weighted by Crippen LogP contribution is -2.47. The van der Waals surface area contributed by atoms with E-state index in [0.717, 1.165) is 0 Å². The van der Waals surface area contributed by atoms with Crippen LogP contribution >= 0.6 is 0 Å². The summed E-state index contributed by atoms with van der Waals surface area (Å²) in [5.41, 5.74) is -0.0448. The largest absolute Gasteiger partial charge is 0.412 e. The predicted octanol–water partition coefficient (Wildman–Crippen LogP) is 2.79. The SMILES string of the molecule is CC(C)C(O[Si])(C(C)C)C(C)C. The Kier molecular flexibility index (Phi) is 4.49. The molecule has 3 radical (unpaired) electrons. The molecule has 0 rings (SSSR count). The molecule has 0 N–H and O–H groups in total. The third-order valence-corrected chi connectivity index (χ3v) is 3.24. The zero-order chi connectivity index (χ0) is 9.94. The van der Waals surface area contributed by atoms with Gasteiger partial charge in [-0.1, -0.05) is 41.5 Å². The molecule has 2 heteroatoms. The third kappa shape index (κ3) is 1.91. The number of hydrogen-bond acceptors (Lipinski definition) is 1. The third-order valence-electron chi connectivity index (χ3n) is 2.88. The number of rotatable bonds is 4. The van der Waals surface area contributed by atoms with Gasteiger partial charge in [0.05, 0.1) is 5.60 Å². The molecule has 0 fully saturated rings. The minimum atomic E-state index is -0.0448. The van der Waals surface area contributed by atoms with Crippen molar-refractivity contribution in [2.24, 2.45) is 17.8 Å². The maximum atomic E-state index is 5.53. The van der Waals surface area contributed by atoms with Crippen molar-refractivity contribution >= 4 is 10.5 Å². The van der Waals surface area contributed by atoms with E-state index in [2.05, 4.69) is 52.0 Å². The predicted molar refractivity (Wildman–Crippen MR) is 54.1 cm³/mol. The molecule has 12 heavy (non-hydrogen) atoms. The smallest absolute Gasteiger partial charge is 0.247 e. The van der Waals surface area contributed by atoms with Crippen LogP contribution in [0.2, 0.25) is 0 Å². The Hall–Kier alpha value is 0.177. The first-order valence-electron chi connectivity index (χ1n) is 4.74. The van der Waals surface area contributed by atoms with Crippen LogP contribution < -0.4 is 0 Å². The molecule has 0 atom stereocenters. The Morgan fingerprint density at radius 2 is 1.08 bits per heavy atom. The first kappa shape index (κ1) is 12.2. The second kappa shape index (κ2) is 4.42. The van der Waals surface area contributed by atoms with Gasteiger partial charge in [0.1, 0.15) is 0 Å². The van der Waals surface area contributed by atoms with E-state index in [9.17, 15) is 0 Å². The average Bonchev–Trinajstić information content (AvgIpc) is 1.86.